The molecule has 3 aromatic carbocycles. The Morgan fingerprint density at radius 1 is 0.935 bits per heavy atom. The van der Waals surface area contributed by atoms with E-state index in [4.69, 9.17) is 4.98 Å². The highest BCUT2D eigenvalue weighted by molar-refractivity contribution is 14.1. The second-order valence-corrected chi connectivity index (χ2v) is 9.13. The van der Waals surface area contributed by atoms with Crippen molar-refractivity contribution in [2.45, 2.75) is 13.8 Å². The minimum absolute atomic E-state index is 0.0573. The second-order valence-electron chi connectivity index (χ2n) is 7.88. The topological polar surface area (TPSA) is 38.1 Å². The highest BCUT2D eigenvalue weighted by atomic mass is 127. The Morgan fingerprint density at radius 3 is 2.35 bits per heavy atom. The van der Waals surface area contributed by atoms with E-state index >= 15 is 0 Å². The summed E-state index contributed by atoms with van der Waals surface area (Å²) in [6, 6.07) is 20.2. The molecule has 0 spiro atoms. The highest BCUT2D eigenvalue weighted by Crippen LogP contribution is 2.21. The summed E-state index contributed by atoms with van der Waals surface area (Å²) < 4.78 is 2.73. The molecule has 0 N–H and O–H groups in total. The van der Waals surface area contributed by atoms with E-state index in [1.54, 1.807) is 4.57 Å². The highest BCUT2D eigenvalue weighted by Gasteiger charge is 2.13. The minimum Gasteiger partial charge on any atom is -0.378 e. The number of rotatable bonds is 4. The average molecular weight is 521 g/mol. The predicted molar refractivity (Wildman–Crippen MR) is 139 cm³/mol. The molecule has 0 amide bonds. The lowest BCUT2D eigenvalue weighted by Gasteiger charge is -2.14. The largest absolute Gasteiger partial charge is 0.378 e. The number of aromatic nitrogens is 2. The molecule has 0 saturated carbocycles. The van der Waals surface area contributed by atoms with Crippen LogP contribution in [0.1, 0.15) is 22.5 Å². The first kappa shape index (κ1) is 21.3. The molecule has 4 aromatic rings. The molecule has 0 aliphatic rings. The molecule has 0 unspecified atom stereocenters. The molecule has 1 aromatic heterocycles. The van der Waals surface area contributed by atoms with Crippen molar-refractivity contribution in [3.8, 4) is 5.69 Å². The fraction of sp³-hybridized carbons (Fsp3) is 0.154. The summed E-state index contributed by atoms with van der Waals surface area (Å²) in [5, 5.41) is 0.624. The number of benzene rings is 3. The molecule has 1 heterocycles. The van der Waals surface area contributed by atoms with E-state index in [0.29, 0.717) is 16.7 Å². The molecule has 4 rings (SSSR count). The number of halogens is 1. The summed E-state index contributed by atoms with van der Waals surface area (Å²) in [6.07, 6.45) is 3.92. The SMILES string of the molecule is Cc1ccc(-n2c(/C=C/c3ccc(N(C)C)cc3)nc3ccc(I)cc3c2=O)c(C)c1. The Balaban J connectivity index is 1.90. The Morgan fingerprint density at radius 2 is 1.68 bits per heavy atom. The van der Waals surface area contributed by atoms with Crippen molar-refractivity contribution in [3.63, 3.8) is 0 Å². The molecule has 0 atom stereocenters. The van der Waals surface area contributed by atoms with E-state index in [1.165, 1.54) is 0 Å². The third-order valence-corrected chi connectivity index (χ3v) is 5.95. The number of anilines is 1. The lowest BCUT2D eigenvalue weighted by molar-refractivity contribution is 0.933. The molecule has 0 aliphatic carbocycles. The van der Waals surface area contributed by atoms with E-state index < -0.39 is 0 Å². The van der Waals surface area contributed by atoms with Crippen LogP contribution in [0.15, 0.2) is 65.5 Å². The first-order valence-corrected chi connectivity index (χ1v) is 11.2. The summed E-state index contributed by atoms with van der Waals surface area (Å²) in [7, 11) is 4.04. The molecular weight excluding hydrogens is 497 g/mol. The fourth-order valence-electron chi connectivity index (χ4n) is 3.63. The van der Waals surface area contributed by atoms with Crippen LogP contribution >= 0.6 is 22.6 Å². The van der Waals surface area contributed by atoms with Gasteiger partial charge in [0.1, 0.15) is 5.82 Å². The van der Waals surface area contributed by atoms with Gasteiger partial charge in [0.05, 0.1) is 16.6 Å². The van der Waals surface area contributed by atoms with Crippen molar-refractivity contribution in [2.24, 2.45) is 0 Å². The van der Waals surface area contributed by atoms with Crippen LogP contribution in [0.2, 0.25) is 0 Å². The normalized spacial score (nSPS) is 11.4. The van der Waals surface area contributed by atoms with Gasteiger partial charge in [-0.3, -0.25) is 9.36 Å². The zero-order valence-electron chi connectivity index (χ0n) is 18.1. The molecule has 0 saturated heterocycles. The molecule has 156 valence electrons. The smallest absolute Gasteiger partial charge is 0.266 e. The standard InChI is InChI=1S/C26H24IN3O/c1-17-5-13-24(18(2)15-17)30-25(14-8-19-6-10-21(11-7-19)29(3)4)28-23-12-9-20(27)16-22(23)26(30)31/h5-16H,1-4H3/b14-8+. The Kier molecular flexibility index (Phi) is 5.96. The zero-order chi connectivity index (χ0) is 22.1. The van der Waals surface area contributed by atoms with Gasteiger partial charge in [-0.1, -0.05) is 35.9 Å². The van der Waals surface area contributed by atoms with Crippen LogP contribution in [0, 0.1) is 17.4 Å². The number of hydrogen-bond acceptors (Lipinski definition) is 3. The first-order chi connectivity index (χ1) is 14.8. The quantitative estimate of drug-likeness (QED) is 0.317. The Bertz CT molecular complexity index is 1350. The van der Waals surface area contributed by atoms with Gasteiger partial charge in [0.2, 0.25) is 0 Å². The number of aryl methyl sites for hydroxylation is 2. The molecule has 0 bridgehead atoms. The van der Waals surface area contributed by atoms with E-state index in [-0.39, 0.29) is 5.56 Å². The lowest BCUT2D eigenvalue weighted by Crippen LogP contribution is -2.23. The predicted octanol–water partition coefficient (Wildman–Crippen LogP) is 5.84. The first-order valence-electron chi connectivity index (χ1n) is 10.1. The van der Waals surface area contributed by atoms with Crippen LogP contribution < -0.4 is 10.5 Å². The molecular formula is C26H24IN3O. The van der Waals surface area contributed by atoms with Gasteiger partial charge in [-0.05, 0) is 90.0 Å². The molecule has 0 radical (unpaired) electrons. The van der Waals surface area contributed by atoms with Gasteiger partial charge < -0.3 is 4.90 Å². The van der Waals surface area contributed by atoms with Crippen LogP contribution in [0.25, 0.3) is 28.7 Å². The van der Waals surface area contributed by atoms with Crippen molar-refractivity contribution in [1.29, 1.82) is 0 Å². The van der Waals surface area contributed by atoms with E-state index in [1.807, 2.05) is 63.5 Å². The van der Waals surface area contributed by atoms with Crippen LogP contribution in [0.4, 0.5) is 5.69 Å². The molecule has 0 fully saturated rings. The maximum Gasteiger partial charge on any atom is 0.266 e. The number of nitrogens with zero attached hydrogens (tertiary/aromatic N) is 3. The van der Waals surface area contributed by atoms with Crippen LogP contribution in [-0.2, 0) is 0 Å². The Labute approximate surface area is 196 Å². The number of hydrogen-bond donors (Lipinski definition) is 0. The fourth-order valence-corrected chi connectivity index (χ4v) is 4.12. The molecule has 31 heavy (non-hydrogen) atoms. The minimum atomic E-state index is -0.0573. The van der Waals surface area contributed by atoms with Gasteiger partial charge in [0.25, 0.3) is 5.56 Å². The Hall–Kier alpha value is -2.93. The van der Waals surface area contributed by atoms with Gasteiger partial charge in [-0.25, -0.2) is 4.98 Å². The third-order valence-electron chi connectivity index (χ3n) is 5.28. The van der Waals surface area contributed by atoms with Gasteiger partial charge in [-0.2, -0.15) is 0 Å². The molecule has 5 heteroatoms. The van der Waals surface area contributed by atoms with Crippen molar-refractivity contribution in [2.75, 3.05) is 19.0 Å². The van der Waals surface area contributed by atoms with Crippen LogP contribution in [-0.4, -0.2) is 23.6 Å². The van der Waals surface area contributed by atoms with Crippen molar-refractivity contribution in [1.82, 2.24) is 9.55 Å². The van der Waals surface area contributed by atoms with Gasteiger partial charge >= 0.3 is 0 Å². The average Bonchev–Trinajstić information content (AvgIpc) is 2.74. The summed E-state index contributed by atoms with van der Waals surface area (Å²) in [6.45, 7) is 4.08. The summed E-state index contributed by atoms with van der Waals surface area (Å²) in [4.78, 5) is 20.5. The zero-order valence-corrected chi connectivity index (χ0v) is 20.2. The lowest BCUT2D eigenvalue weighted by atomic mass is 10.1. The van der Waals surface area contributed by atoms with E-state index in [0.717, 1.165) is 31.6 Å². The van der Waals surface area contributed by atoms with Crippen molar-refractivity contribution >= 4 is 51.3 Å². The van der Waals surface area contributed by atoms with Gasteiger partial charge in [-0.15, -0.1) is 0 Å². The summed E-state index contributed by atoms with van der Waals surface area (Å²) >= 11 is 2.23. The molecule has 4 nitrogen and oxygen atoms in total. The van der Waals surface area contributed by atoms with Crippen molar-refractivity contribution in [3.05, 3.63) is 97.1 Å². The van der Waals surface area contributed by atoms with Crippen molar-refractivity contribution < 1.29 is 0 Å². The number of fused-ring (bicyclic) bond motifs is 1. The van der Waals surface area contributed by atoms with Crippen LogP contribution in [0.5, 0.6) is 0 Å². The summed E-state index contributed by atoms with van der Waals surface area (Å²) in [5.41, 5.74) is 5.89. The summed E-state index contributed by atoms with van der Waals surface area (Å²) in [5.74, 6) is 0.613. The maximum absolute atomic E-state index is 13.6. The van der Waals surface area contributed by atoms with Gasteiger partial charge in [0, 0.05) is 23.4 Å². The van der Waals surface area contributed by atoms with Gasteiger partial charge in [0.15, 0.2) is 0 Å². The van der Waals surface area contributed by atoms with E-state index in [9.17, 15) is 4.79 Å². The van der Waals surface area contributed by atoms with E-state index in [2.05, 4.69) is 64.7 Å². The maximum atomic E-state index is 13.6. The second kappa shape index (κ2) is 8.67. The molecule has 0 aliphatic heterocycles. The van der Waals surface area contributed by atoms with Crippen LogP contribution in [0.3, 0.4) is 0 Å². The third kappa shape index (κ3) is 4.42. The monoisotopic (exact) mass is 521 g/mol.